The standard InChI is InChI=1S/C12H13FO2/c1-8-6-7-12(8,11(14)15)9-4-2-3-5-10(9)13/h2-5,8H,6-7H2,1H3,(H,14,15). The van der Waals surface area contributed by atoms with Crippen molar-refractivity contribution in [1.82, 2.24) is 0 Å². The summed E-state index contributed by atoms with van der Waals surface area (Å²) in [5.74, 6) is -1.32. The van der Waals surface area contributed by atoms with E-state index in [0.29, 0.717) is 12.0 Å². The lowest BCUT2D eigenvalue weighted by molar-refractivity contribution is -0.151. The molecule has 2 unspecified atom stereocenters. The molecule has 2 rings (SSSR count). The highest BCUT2D eigenvalue weighted by molar-refractivity contribution is 5.83. The van der Waals surface area contributed by atoms with Crippen LogP contribution in [0.15, 0.2) is 24.3 Å². The van der Waals surface area contributed by atoms with Gasteiger partial charge in [0.1, 0.15) is 5.82 Å². The summed E-state index contributed by atoms with van der Waals surface area (Å²) in [6.45, 7) is 1.87. The zero-order valence-corrected chi connectivity index (χ0v) is 8.53. The Bertz CT molecular complexity index is 402. The second-order valence-electron chi connectivity index (χ2n) is 4.20. The van der Waals surface area contributed by atoms with Crippen LogP contribution in [0.1, 0.15) is 25.3 Å². The average Bonchev–Trinajstić information content (AvgIpc) is 2.19. The molecule has 2 nitrogen and oxygen atoms in total. The molecule has 1 saturated carbocycles. The first-order valence-electron chi connectivity index (χ1n) is 5.07. The molecule has 3 heteroatoms. The SMILES string of the molecule is CC1CCC1(C(=O)O)c1ccccc1F. The molecule has 1 aromatic rings. The van der Waals surface area contributed by atoms with Crippen molar-refractivity contribution in [2.45, 2.75) is 25.2 Å². The number of carboxylic acids is 1. The Balaban J connectivity index is 2.52. The molecule has 1 fully saturated rings. The second-order valence-corrected chi connectivity index (χ2v) is 4.20. The monoisotopic (exact) mass is 208 g/mol. The molecule has 0 aliphatic heterocycles. The Morgan fingerprint density at radius 3 is 2.60 bits per heavy atom. The largest absolute Gasteiger partial charge is 0.481 e. The first-order chi connectivity index (χ1) is 7.09. The number of halogens is 1. The number of hydrogen-bond acceptors (Lipinski definition) is 1. The first kappa shape index (κ1) is 10.1. The second kappa shape index (κ2) is 3.33. The minimum atomic E-state index is -0.995. The van der Waals surface area contributed by atoms with Crippen LogP contribution in [0.25, 0.3) is 0 Å². The van der Waals surface area contributed by atoms with Crippen molar-refractivity contribution in [3.05, 3.63) is 35.6 Å². The zero-order chi connectivity index (χ0) is 11.1. The summed E-state index contributed by atoms with van der Waals surface area (Å²) in [6, 6.07) is 6.18. The quantitative estimate of drug-likeness (QED) is 0.811. The van der Waals surface area contributed by atoms with E-state index >= 15 is 0 Å². The van der Waals surface area contributed by atoms with Gasteiger partial charge >= 0.3 is 5.97 Å². The minimum Gasteiger partial charge on any atom is -0.481 e. The van der Waals surface area contributed by atoms with E-state index in [2.05, 4.69) is 0 Å². The van der Waals surface area contributed by atoms with Gasteiger partial charge in [-0.05, 0) is 24.8 Å². The number of carboxylic acid groups (broad SMARTS) is 1. The molecule has 0 amide bonds. The van der Waals surface area contributed by atoms with Crippen molar-refractivity contribution >= 4 is 5.97 Å². The van der Waals surface area contributed by atoms with Crippen LogP contribution < -0.4 is 0 Å². The molecule has 0 spiro atoms. The van der Waals surface area contributed by atoms with Crippen LogP contribution >= 0.6 is 0 Å². The predicted octanol–water partition coefficient (Wildman–Crippen LogP) is 2.58. The molecule has 80 valence electrons. The number of hydrogen-bond donors (Lipinski definition) is 1. The van der Waals surface area contributed by atoms with Crippen LogP contribution in [0.5, 0.6) is 0 Å². The summed E-state index contributed by atoms with van der Waals surface area (Å²) in [5, 5.41) is 9.27. The Morgan fingerprint density at radius 1 is 1.53 bits per heavy atom. The maximum atomic E-state index is 13.6. The fourth-order valence-corrected chi connectivity index (χ4v) is 2.38. The molecule has 0 saturated heterocycles. The van der Waals surface area contributed by atoms with Gasteiger partial charge in [0.05, 0.1) is 5.41 Å². The maximum Gasteiger partial charge on any atom is 0.314 e. The van der Waals surface area contributed by atoms with Crippen LogP contribution in [-0.4, -0.2) is 11.1 Å². The lowest BCUT2D eigenvalue weighted by atomic mass is 9.57. The summed E-state index contributed by atoms with van der Waals surface area (Å²) in [6.07, 6.45) is 1.38. The third-order valence-electron chi connectivity index (χ3n) is 3.55. The molecule has 1 N–H and O–H groups in total. The minimum absolute atomic E-state index is 0.00639. The van der Waals surface area contributed by atoms with E-state index in [1.807, 2.05) is 6.92 Å². The molecular weight excluding hydrogens is 195 g/mol. The van der Waals surface area contributed by atoms with Crippen molar-refractivity contribution < 1.29 is 14.3 Å². The van der Waals surface area contributed by atoms with Crippen molar-refractivity contribution in [2.75, 3.05) is 0 Å². The van der Waals surface area contributed by atoms with Crippen molar-refractivity contribution in [1.29, 1.82) is 0 Å². The van der Waals surface area contributed by atoms with Gasteiger partial charge in [0.15, 0.2) is 0 Å². The maximum absolute atomic E-state index is 13.6. The van der Waals surface area contributed by atoms with Crippen LogP contribution in [0, 0.1) is 11.7 Å². The summed E-state index contributed by atoms with van der Waals surface area (Å²) >= 11 is 0. The van der Waals surface area contributed by atoms with Gasteiger partial charge in [0.2, 0.25) is 0 Å². The third kappa shape index (κ3) is 1.26. The normalized spacial score (nSPS) is 29.6. The van der Waals surface area contributed by atoms with E-state index in [4.69, 9.17) is 0 Å². The molecule has 0 bridgehead atoms. The highest BCUT2D eigenvalue weighted by atomic mass is 19.1. The van der Waals surface area contributed by atoms with Crippen LogP contribution in [-0.2, 0) is 10.2 Å². The number of benzene rings is 1. The highest BCUT2D eigenvalue weighted by Gasteiger charge is 2.53. The van der Waals surface area contributed by atoms with Crippen LogP contribution in [0.3, 0.4) is 0 Å². The fraction of sp³-hybridized carbons (Fsp3) is 0.417. The van der Waals surface area contributed by atoms with Crippen LogP contribution in [0.4, 0.5) is 4.39 Å². The molecule has 15 heavy (non-hydrogen) atoms. The summed E-state index contributed by atoms with van der Waals surface area (Å²) in [7, 11) is 0. The Labute approximate surface area is 87.7 Å². The summed E-state index contributed by atoms with van der Waals surface area (Å²) in [4.78, 5) is 11.3. The lowest BCUT2D eigenvalue weighted by Gasteiger charge is -2.44. The Morgan fingerprint density at radius 2 is 2.20 bits per heavy atom. The van der Waals surface area contributed by atoms with E-state index in [1.165, 1.54) is 6.07 Å². The summed E-state index contributed by atoms with van der Waals surface area (Å²) < 4.78 is 13.6. The third-order valence-corrected chi connectivity index (χ3v) is 3.55. The fourth-order valence-electron chi connectivity index (χ4n) is 2.38. The van der Waals surface area contributed by atoms with E-state index in [9.17, 15) is 14.3 Å². The van der Waals surface area contributed by atoms with Gasteiger partial charge in [-0.1, -0.05) is 25.1 Å². The number of rotatable bonds is 2. The van der Waals surface area contributed by atoms with Crippen molar-refractivity contribution in [3.63, 3.8) is 0 Å². The Hall–Kier alpha value is -1.38. The van der Waals surface area contributed by atoms with Gasteiger partial charge in [-0.2, -0.15) is 0 Å². The van der Waals surface area contributed by atoms with E-state index in [0.717, 1.165) is 6.42 Å². The van der Waals surface area contributed by atoms with Gasteiger partial charge in [0, 0.05) is 5.56 Å². The first-order valence-corrected chi connectivity index (χ1v) is 5.07. The van der Waals surface area contributed by atoms with Gasteiger partial charge in [-0.15, -0.1) is 0 Å². The van der Waals surface area contributed by atoms with Gasteiger partial charge < -0.3 is 5.11 Å². The highest BCUT2D eigenvalue weighted by Crippen LogP contribution is 2.49. The summed E-state index contributed by atoms with van der Waals surface area (Å²) in [5.41, 5.74) is -0.665. The molecule has 1 aliphatic rings. The Kier molecular flexibility index (Phi) is 2.25. The molecular formula is C12H13FO2. The average molecular weight is 208 g/mol. The molecule has 2 atom stereocenters. The van der Waals surface area contributed by atoms with Gasteiger partial charge in [0.25, 0.3) is 0 Å². The molecule has 0 heterocycles. The lowest BCUT2D eigenvalue weighted by Crippen LogP contribution is -2.50. The molecule has 0 aromatic heterocycles. The molecule has 1 aromatic carbocycles. The topological polar surface area (TPSA) is 37.3 Å². The number of aliphatic carboxylic acids is 1. The van der Waals surface area contributed by atoms with Gasteiger partial charge in [-0.25, -0.2) is 4.39 Å². The molecule has 1 aliphatic carbocycles. The van der Waals surface area contributed by atoms with E-state index in [-0.39, 0.29) is 5.92 Å². The van der Waals surface area contributed by atoms with Gasteiger partial charge in [-0.3, -0.25) is 4.79 Å². The molecule has 0 radical (unpaired) electrons. The predicted molar refractivity (Wildman–Crippen MR) is 54.1 cm³/mol. The zero-order valence-electron chi connectivity index (χ0n) is 8.53. The van der Waals surface area contributed by atoms with Crippen LogP contribution in [0.2, 0.25) is 0 Å². The van der Waals surface area contributed by atoms with E-state index in [1.54, 1.807) is 18.2 Å². The number of carbonyl (C=O) groups is 1. The van der Waals surface area contributed by atoms with E-state index < -0.39 is 17.2 Å². The smallest absolute Gasteiger partial charge is 0.314 e. The van der Waals surface area contributed by atoms with Crippen molar-refractivity contribution in [3.8, 4) is 0 Å². The van der Waals surface area contributed by atoms with Crippen molar-refractivity contribution in [2.24, 2.45) is 5.92 Å².